The van der Waals surface area contributed by atoms with Gasteiger partial charge in [0.05, 0.1) is 17.0 Å². The van der Waals surface area contributed by atoms with Gasteiger partial charge in [0.15, 0.2) is 17.5 Å². The number of aromatic nitrogens is 3. The first-order valence-electron chi connectivity index (χ1n) is 20.7. The first kappa shape index (κ1) is 35.5. The Morgan fingerprint density at radius 3 is 1.52 bits per heavy atom. The highest BCUT2D eigenvalue weighted by atomic mass is 16.5. The van der Waals surface area contributed by atoms with Crippen LogP contribution in [0.15, 0.2) is 206 Å². The van der Waals surface area contributed by atoms with Gasteiger partial charge in [0.2, 0.25) is 0 Å². The maximum Gasteiger partial charge on any atom is 0.164 e. The Labute approximate surface area is 358 Å². The second-order valence-corrected chi connectivity index (χ2v) is 15.8. The van der Waals surface area contributed by atoms with Crippen molar-refractivity contribution in [3.8, 4) is 85.1 Å². The lowest BCUT2D eigenvalue weighted by Gasteiger charge is -2.39. The van der Waals surface area contributed by atoms with E-state index in [-0.39, 0.29) is 0 Å². The molecule has 288 valence electrons. The van der Waals surface area contributed by atoms with Gasteiger partial charge in [-0.25, -0.2) is 15.0 Å². The van der Waals surface area contributed by atoms with Gasteiger partial charge in [-0.2, -0.15) is 5.26 Å². The van der Waals surface area contributed by atoms with Gasteiger partial charge >= 0.3 is 0 Å². The predicted molar refractivity (Wildman–Crippen MR) is 247 cm³/mol. The molecule has 9 aromatic carbocycles. The predicted octanol–water partition coefficient (Wildman–Crippen LogP) is 13.7. The zero-order chi connectivity index (χ0) is 41.2. The van der Waals surface area contributed by atoms with Crippen LogP contribution in [0.1, 0.15) is 27.8 Å². The molecule has 0 saturated heterocycles. The Hall–Kier alpha value is -8.46. The van der Waals surface area contributed by atoms with Crippen LogP contribution in [0.5, 0.6) is 11.5 Å². The van der Waals surface area contributed by atoms with E-state index in [1.807, 2.05) is 91.0 Å². The molecule has 0 saturated carbocycles. The summed E-state index contributed by atoms with van der Waals surface area (Å²) < 4.78 is 6.86. The summed E-state index contributed by atoms with van der Waals surface area (Å²) in [5, 5.41) is 11.7. The van der Waals surface area contributed by atoms with Crippen molar-refractivity contribution in [2.45, 2.75) is 5.41 Å². The number of nitrogens with zero attached hydrogens (tertiary/aromatic N) is 4. The van der Waals surface area contributed by atoms with Crippen LogP contribution >= 0.6 is 0 Å². The van der Waals surface area contributed by atoms with Gasteiger partial charge < -0.3 is 4.74 Å². The molecule has 0 bridgehead atoms. The van der Waals surface area contributed by atoms with Crippen molar-refractivity contribution < 1.29 is 4.74 Å². The summed E-state index contributed by atoms with van der Waals surface area (Å²) in [6.45, 7) is 0. The van der Waals surface area contributed by atoms with Crippen LogP contribution in [0.3, 0.4) is 0 Å². The standard InChI is InChI=1S/C57H34N4O/c58-35-36-23-25-37(26-24-36)42-30-31-43(45-18-8-7-17-44(42)45)40-28-32-53-51(33-40)57(49-21-11-12-22-52(49)62-53)48-20-10-9-19-46(48)47-29-27-41(34-50(47)57)56-60-54(38-13-3-1-4-14-38)59-55(61-56)39-15-5-2-6-16-39/h1-34H. The maximum absolute atomic E-state index is 9.45. The molecule has 5 nitrogen and oxygen atoms in total. The summed E-state index contributed by atoms with van der Waals surface area (Å²) in [5.74, 6) is 3.50. The van der Waals surface area contributed by atoms with E-state index in [4.69, 9.17) is 19.7 Å². The van der Waals surface area contributed by atoms with Crippen molar-refractivity contribution in [2.75, 3.05) is 0 Å². The lowest BCUT2D eigenvalue weighted by molar-refractivity contribution is 0.436. The van der Waals surface area contributed by atoms with E-state index in [2.05, 4.69) is 121 Å². The number of benzene rings is 9. The number of hydrogen-bond donors (Lipinski definition) is 0. The van der Waals surface area contributed by atoms with Crippen LogP contribution in [-0.4, -0.2) is 15.0 Å². The summed E-state index contributed by atoms with van der Waals surface area (Å²) in [6.07, 6.45) is 0. The highest BCUT2D eigenvalue weighted by Gasteiger charge is 2.51. The number of ether oxygens (including phenoxy) is 1. The molecule has 1 aromatic heterocycles. The minimum Gasteiger partial charge on any atom is -0.457 e. The van der Waals surface area contributed by atoms with Crippen molar-refractivity contribution in [3.63, 3.8) is 0 Å². The quantitative estimate of drug-likeness (QED) is 0.174. The van der Waals surface area contributed by atoms with E-state index in [9.17, 15) is 5.26 Å². The van der Waals surface area contributed by atoms with Crippen LogP contribution in [0.25, 0.3) is 78.3 Å². The highest BCUT2D eigenvalue weighted by Crippen LogP contribution is 2.63. The minimum atomic E-state index is -0.724. The average molecular weight is 791 g/mol. The fourth-order valence-electron chi connectivity index (χ4n) is 9.67. The second kappa shape index (κ2) is 14.1. The van der Waals surface area contributed by atoms with E-state index >= 15 is 0 Å². The zero-order valence-electron chi connectivity index (χ0n) is 33.3. The van der Waals surface area contributed by atoms with Crippen LogP contribution in [0, 0.1) is 11.3 Å². The van der Waals surface area contributed by atoms with Gasteiger partial charge in [0.1, 0.15) is 11.5 Å². The Kier molecular flexibility index (Phi) is 8.06. The van der Waals surface area contributed by atoms with E-state index in [1.165, 1.54) is 11.1 Å². The lowest BCUT2D eigenvalue weighted by Crippen LogP contribution is -2.32. The van der Waals surface area contributed by atoms with Crippen molar-refractivity contribution >= 4 is 10.8 Å². The molecular formula is C57H34N4O. The SMILES string of the molecule is N#Cc1ccc(-c2ccc(-c3ccc4c(c3)C3(c5ccccc5O4)c4ccccc4-c4ccc(-c5nc(-c6ccccc6)nc(-c6ccccc6)n5)cc43)c3ccccc23)cc1. The largest absolute Gasteiger partial charge is 0.457 e. The molecule has 1 aliphatic heterocycles. The zero-order valence-corrected chi connectivity index (χ0v) is 33.3. The Morgan fingerprint density at radius 1 is 0.355 bits per heavy atom. The monoisotopic (exact) mass is 790 g/mol. The molecule has 1 unspecified atom stereocenters. The van der Waals surface area contributed by atoms with Gasteiger partial charge in [0.25, 0.3) is 0 Å². The lowest BCUT2D eigenvalue weighted by atomic mass is 9.65. The molecule has 10 aromatic rings. The molecule has 0 amide bonds. The molecule has 2 aliphatic rings. The molecule has 1 spiro atoms. The fourth-order valence-corrected chi connectivity index (χ4v) is 9.67. The first-order chi connectivity index (χ1) is 30.7. The third-order valence-corrected chi connectivity index (χ3v) is 12.5. The number of para-hydroxylation sites is 1. The molecule has 5 heteroatoms. The summed E-state index contributed by atoms with van der Waals surface area (Å²) >= 11 is 0. The molecule has 0 N–H and O–H groups in total. The Balaban J connectivity index is 1.09. The smallest absolute Gasteiger partial charge is 0.164 e. The van der Waals surface area contributed by atoms with Crippen molar-refractivity contribution in [2.24, 2.45) is 0 Å². The molecule has 0 fully saturated rings. The third kappa shape index (κ3) is 5.44. The Morgan fingerprint density at radius 2 is 0.839 bits per heavy atom. The van der Waals surface area contributed by atoms with Gasteiger partial charge in [-0.1, -0.05) is 170 Å². The summed E-state index contributed by atoms with van der Waals surface area (Å²) in [4.78, 5) is 15.3. The Bertz CT molecular complexity index is 3390. The normalized spacial score (nSPS) is 14.3. The van der Waals surface area contributed by atoms with Crippen LogP contribution < -0.4 is 4.74 Å². The minimum absolute atomic E-state index is 0.606. The van der Waals surface area contributed by atoms with E-state index in [0.717, 1.165) is 83.5 Å². The van der Waals surface area contributed by atoms with Crippen LogP contribution in [0.4, 0.5) is 0 Å². The topological polar surface area (TPSA) is 71.7 Å². The van der Waals surface area contributed by atoms with Crippen molar-refractivity contribution in [1.29, 1.82) is 5.26 Å². The van der Waals surface area contributed by atoms with Gasteiger partial charge in [-0.3, -0.25) is 0 Å². The van der Waals surface area contributed by atoms with E-state index < -0.39 is 5.41 Å². The van der Waals surface area contributed by atoms with Crippen molar-refractivity contribution in [1.82, 2.24) is 15.0 Å². The summed E-state index contributed by atoms with van der Waals surface area (Å²) in [7, 11) is 0. The number of hydrogen-bond acceptors (Lipinski definition) is 5. The maximum atomic E-state index is 9.45. The molecule has 2 heterocycles. The van der Waals surface area contributed by atoms with Gasteiger partial charge in [-0.05, 0) is 91.7 Å². The summed E-state index contributed by atoms with van der Waals surface area (Å²) in [6, 6.07) is 73.9. The molecule has 1 aliphatic carbocycles. The van der Waals surface area contributed by atoms with Crippen molar-refractivity contribution in [3.05, 3.63) is 234 Å². The molecule has 0 radical (unpaired) electrons. The number of rotatable bonds is 5. The number of fused-ring (bicyclic) bond motifs is 10. The average Bonchev–Trinajstić information content (AvgIpc) is 3.64. The third-order valence-electron chi connectivity index (χ3n) is 12.5. The van der Waals surface area contributed by atoms with Gasteiger partial charge in [0, 0.05) is 27.8 Å². The van der Waals surface area contributed by atoms with E-state index in [0.29, 0.717) is 23.0 Å². The fraction of sp³-hybridized carbons (Fsp3) is 0.0175. The highest BCUT2D eigenvalue weighted by molar-refractivity contribution is 6.05. The first-order valence-corrected chi connectivity index (χ1v) is 20.7. The molecule has 12 rings (SSSR count). The second-order valence-electron chi connectivity index (χ2n) is 15.8. The molecule has 62 heavy (non-hydrogen) atoms. The number of nitriles is 1. The molecule has 1 atom stereocenters. The summed E-state index contributed by atoms with van der Waals surface area (Å²) in [5.41, 5.74) is 13.9. The van der Waals surface area contributed by atoms with Gasteiger partial charge in [-0.15, -0.1) is 0 Å². The van der Waals surface area contributed by atoms with Crippen LogP contribution in [-0.2, 0) is 5.41 Å². The van der Waals surface area contributed by atoms with E-state index in [1.54, 1.807) is 0 Å². The molecular weight excluding hydrogens is 757 g/mol. The van der Waals surface area contributed by atoms with Crippen LogP contribution in [0.2, 0.25) is 0 Å².